The Morgan fingerprint density at radius 2 is 2.32 bits per heavy atom. The minimum atomic E-state index is -0.142. The minimum absolute atomic E-state index is 0.0859. The lowest BCUT2D eigenvalue weighted by molar-refractivity contribution is 0.0919. The van der Waals surface area contributed by atoms with Gasteiger partial charge in [0.05, 0.1) is 0 Å². The van der Waals surface area contributed by atoms with Crippen LogP contribution in [-0.4, -0.2) is 33.9 Å². The third-order valence-electron chi connectivity index (χ3n) is 3.44. The van der Waals surface area contributed by atoms with Gasteiger partial charge < -0.3 is 10.4 Å². The van der Waals surface area contributed by atoms with Gasteiger partial charge in [0.1, 0.15) is 5.69 Å². The highest BCUT2D eigenvalue weighted by atomic mass is 16.3. The number of carbonyl (C=O) groups is 1. The van der Waals surface area contributed by atoms with E-state index in [2.05, 4.69) is 29.4 Å². The van der Waals surface area contributed by atoms with Crippen molar-refractivity contribution in [1.82, 2.24) is 15.5 Å². The second kappa shape index (κ2) is 6.19. The fourth-order valence-corrected chi connectivity index (χ4v) is 2.33. The van der Waals surface area contributed by atoms with Crippen LogP contribution in [0, 0.1) is 11.8 Å². The van der Waals surface area contributed by atoms with Crippen LogP contribution < -0.4 is 5.32 Å². The minimum Gasteiger partial charge on any atom is -0.396 e. The summed E-state index contributed by atoms with van der Waals surface area (Å²) in [6.07, 6.45) is 3.80. The van der Waals surface area contributed by atoms with E-state index in [1.165, 1.54) is 0 Å². The summed E-state index contributed by atoms with van der Waals surface area (Å²) in [4.78, 5) is 12.1. The van der Waals surface area contributed by atoms with E-state index in [4.69, 9.17) is 5.11 Å². The molecule has 106 valence electrons. The lowest BCUT2D eigenvalue weighted by atomic mass is 10.1. The summed E-state index contributed by atoms with van der Waals surface area (Å²) in [5.74, 6) is 0.923. The molecule has 0 aromatic carbocycles. The SMILES string of the molecule is CC(C)Cc1cc(C(=O)NC(CCO)C2CC2)n[nH]1. The fourth-order valence-electron chi connectivity index (χ4n) is 2.33. The largest absolute Gasteiger partial charge is 0.396 e. The summed E-state index contributed by atoms with van der Waals surface area (Å²) in [6.45, 7) is 4.37. The molecule has 5 nitrogen and oxygen atoms in total. The molecule has 0 bridgehead atoms. The molecular formula is C14H23N3O2. The predicted molar refractivity (Wildman–Crippen MR) is 72.8 cm³/mol. The monoisotopic (exact) mass is 265 g/mol. The Morgan fingerprint density at radius 1 is 1.58 bits per heavy atom. The summed E-state index contributed by atoms with van der Waals surface area (Å²) in [5.41, 5.74) is 1.43. The van der Waals surface area contributed by atoms with Crippen molar-refractivity contribution in [2.24, 2.45) is 11.8 Å². The number of nitrogens with one attached hydrogen (secondary N) is 2. The molecule has 1 saturated carbocycles. The molecule has 0 aliphatic heterocycles. The second-order valence-electron chi connectivity index (χ2n) is 5.81. The van der Waals surface area contributed by atoms with Crippen molar-refractivity contribution in [2.45, 2.75) is 45.6 Å². The Bertz CT molecular complexity index is 424. The quantitative estimate of drug-likeness (QED) is 0.699. The van der Waals surface area contributed by atoms with Crippen LogP contribution in [0.3, 0.4) is 0 Å². The standard InChI is InChI=1S/C14H23N3O2/c1-9(2)7-11-8-13(17-16-11)14(19)15-12(5-6-18)10-3-4-10/h8-10,12,18H,3-7H2,1-2H3,(H,15,19)(H,16,17). The van der Waals surface area contributed by atoms with Crippen molar-refractivity contribution < 1.29 is 9.90 Å². The third-order valence-corrected chi connectivity index (χ3v) is 3.44. The van der Waals surface area contributed by atoms with Gasteiger partial charge in [-0.1, -0.05) is 13.8 Å². The number of H-pyrrole nitrogens is 1. The van der Waals surface area contributed by atoms with Gasteiger partial charge in [-0.2, -0.15) is 5.10 Å². The van der Waals surface area contributed by atoms with Crippen molar-refractivity contribution in [3.8, 4) is 0 Å². The molecule has 1 aromatic rings. The number of aromatic amines is 1. The number of aliphatic hydroxyl groups excluding tert-OH is 1. The first-order valence-electron chi connectivity index (χ1n) is 7.06. The maximum atomic E-state index is 12.1. The van der Waals surface area contributed by atoms with Crippen molar-refractivity contribution >= 4 is 5.91 Å². The zero-order valence-electron chi connectivity index (χ0n) is 11.6. The zero-order chi connectivity index (χ0) is 13.8. The van der Waals surface area contributed by atoms with Gasteiger partial charge in [0.25, 0.3) is 5.91 Å². The molecule has 2 rings (SSSR count). The van der Waals surface area contributed by atoms with Crippen LogP contribution in [-0.2, 0) is 6.42 Å². The summed E-state index contributed by atoms with van der Waals surface area (Å²) in [7, 11) is 0. The highest BCUT2D eigenvalue weighted by Crippen LogP contribution is 2.34. The smallest absolute Gasteiger partial charge is 0.272 e. The van der Waals surface area contributed by atoms with Crippen LogP contribution in [0.4, 0.5) is 0 Å². The van der Waals surface area contributed by atoms with Gasteiger partial charge in [-0.15, -0.1) is 0 Å². The van der Waals surface area contributed by atoms with Crippen LogP contribution in [0.5, 0.6) is 0 Å². The topological polar surface area (TPSA) is 78.0 Å². The number of rotatable bonds is 7. The number of amides is 1. The number of carbonyl (C=O) groups excluding carboxylic acids is 1. The van der Waals surface area contributed by atoms with E-state index in [0.29, 0.717) is 24.0 Å². The molecule has 1 unspecified atom stereocenters. The molecule has 1 aromatic heterocycles. The van der Waals surface area contributed by atoms with E-state index in [0.717, 1.165) is 25.0 Å². The van der Waals surface area contributed by atoms with E-state index in [-0.39, 0.29) is 18.6 Å². The molecule has 19 heavy (non-hydrogen) atoms. The average molecular weight is 265 g/mol. The van der Waals surface area contributed by atoms with E-state index in [9.17, 15) is 4.79 Å². The van der Waals surface area contributed by atoms with E-state index < -0.39 is 0 Å². The van der Waals surface area contributed by atoms with Gasteiger partial charge in [-0.3, -0.25) is 9.89 Å². The third kappa shape index (κ3) is 4.06. The number of nitrogens with zero attached hydrogens (tertiary/aromatic N) is 1. The van der Waals surface area contributed by atoms with Crippen LogP contribution in [0.15, 0.2) is 6.07 Å². The van der Waals surface area contributed by atoms with Crippen LogP contribution in [0.1, 0.15) is 49.3 Å². The lowest BCUT2D eigenvalue weighted by Crippen LogP contribution is -2.37. The highest BCUT2D eigenvalue weighted by molar-refractivity contribution is 5.92. The second-order valence-corrected chi connectivity index (χ2v) is 5.81. The van der Waals surface area contributed by atoms with E-state index in [1.54, 1.807) is 0 Å². The molecular weight excluding hydrogens is 242 g/mol. The van der Waals surface area contributed by atoms with Gasteiger partial charge in [-0.25, -0.2) is 0 Å². The molecule has 1 aliphatic rings. The molecule has 0 saturated heterocycles. The molecule has 1 heterocycles. The van der Waals surface area contributed by atoms with Gasteiger partial charge in [-0.05, 0) is 43.6 Å². The molecule has 1 amide bonds. The summed E-state index contributed by atoms with van der Waals surface area (Å²) in [5, 5.41) is 19.0. The maximum absolute atomic E-state index is 12.1. The molecule has 0 radical (unpaired) electrons. The first-order valence-corrected chi connectivity index (χ1v) is 7.06. The summed E-state index contributed by atoms with van der Waals surface area (Å²) < 4.78 is 0. The molecule has 1 atom stereocenters. The summed E-state index contributed by atoms with van der Waals surface area (Å²) >= 11 is 0. The van der Waals surface area contributed by atoms with E-state index in [1.807, 2.05) is 6.07 Å². The van der Waals surface area contributed by atoms with Gasteiger partial charge in [0.15, 0.2) is 0 Å². The number of hydrogen-bond acceptors (Lipinski definition) is 3. The zero-order valence-corrected chi connectivity index (χ0v) is 11.6. The van der Waals surface area contributed by atoms with E-state index >= 15 is 0 Å². The highest BCUT2D eigenvalue weighted by Gasteiger charge is 2.32. The fraction of sp³-hybridized carbons (Fsp3) is 0.714. The molecule has 5 heteroatoms. The van der Waals surface area contributed by atoms with Gasteiger partial charge >= 0.3 is 0 Å². The normalized spacial score (nSPS) is 16.6. The first-order chi connectivity index (χ1) is 9.10. The Hall–Kier alpha value is -1.36. The Morgan fingerprint density at radius 3 is 2.89 bits per heavy atom. The van der Waals surface area contributed by atoms with Crippen LogP contribution in [0.2, 0.25) is 0 Å². The lowest BCUT2D eigenvalue weighted by Gasteiger charge is -2.15. The maximum Gasteiger partial charge on any atom is 0.272 e. The van der Waals surface area contributed by atoms with Crippen LogP contribution >= 0.6 is 0 Å². The molecule has 1 aliphatic carbocycles. The molecule has 3 N–H and O–H groups in total. The van der Waals surface area contributed by atoms with Crippen molar-refractivity contribution in [3.05, 3.63) is 17.5 Å². The molecule has 1 fully saturated rings. The molecule has 0 spiro atoms. The van der Waals surface area contributed by atoms with Crippen molar-refractivity contribution in [1.29, 1.82) is 0 Å². The Labute approximate surface area is 113 Å². The van der Waals surface area contributed by atoms with Gasteiger partial charge in [0, 0.05) is 18.3 Å². The van der Waals surface area contributed by atoms with Crippen molar-refractivity contribution in [3.63, 3.8) is 0 Å². The number of aromatic nitrogens is 2. The number of hydrogen-bond donors (Lipinski definition) is 3. The van der Waals surface area contributed by atoms with Crippen molar-refractivity contribution in [2.75, 3.05) is 6.61 Å². The Kier molecular flexibility index (Phi) is 4.58. The summed E-state index contributed by atoms with van der Waals surface area (Å²) in [6, 6.07) is 1.90. The first kappa shape index (κ1) is 14.1. The van der Waals surface area contributed by atoms with Gasteiger partial charge in [0.2, 0.25) is 0 Å². The number of aliphatic hydroxyl groups is 1. The average Bonchev–Trinajstić information content (AvgIpc) is 3.09. The van der Waals surface area contributed by atoms with Crippen LogP contribution in [0.25, 0.3) is 0 Å². The predicted octanol–water partition coefficient (Wildman–Crippen LogP) is 1.50. The Balaban J connectivity index is 1.92.